The molecule has 0 aromatic carbocycles. The lowest BCUT2D eigenvalue weighted by Gasteiger charge is -2.39. The summed E-state index contributed by atoms with van der Waals surface area (Å²) in [5.41, 5.74) is 0. The van der Waals surface area contributed by atoms with E-state index in [1.165, 1.54) is 25.9 Å². The van der Waals surface area contributed by atoms with E-state index >= 15 is 0 Å². The topological polar surface area (TPSA) is 3.24 Å². The number of halogens is 1. The summed E-state index contributed by atoms with van der Waals surface area (Å²) < 4.78 is 0. The molecule has 1 atom stereocenters. The lowest BCUT2D eigenvalue weighted by Crippen LogP contribution is -2.46. The molecule has 0 spiro atoms. The maximum Gasteiger partial charge on any atom is 0.0105 e. The summed E-state index contributed by atoms with van der Waals surface area (Å²) in [7, 11) is 0. The second kappa shape index (κ2) is 4.13. The molecule has 0 saturated carbocycles. The first-order valence-electron chi connectivity index (χ1n) is 3.62. The van der Waals surface area contributed by atoms with Crippen molar-refractivity contribution < 1.29 is 0 Å². The number of hydrogen-bond acceptors (Lipinski definition) is 1. The van der Waals surface area contributed by atoms with Crippen LogP contribution in [0, 0.1) is 0 Å². The van der Waals surface area contributed by atoms with Crippen LogP contribution >= 0.6 is 12.4 Å². The maximum absolute atomic E-state index is 2.53. The van der Waals surface area contributed by atoms with Crippen LogP contribution in [0.4, 0.5) is 0 Å². The summed E-state index contributed by atoms with van der Waals surface area (Å²) in [6.07, 6.45) is 2.78. The highest BCUT2D eigenvalue weighted by molar-refractivity contribution is 5.85. The summed E-state index contributed by atoms with van der Waals surface area (Å²) in [5.74, 6) is 0. The summed E-state index contributed by atoms with van der Waals surface area (Å²) in [6, 6.07) is 0.931. The molecule has 0 bridgehead atoms. The highest BCUT2D eigenvalue weighted by Gasteiger charge is 2.23. The third kappa shape index (κ3) is 1.84. The van der Waals surface area contributed by atoms with Crippen molar-refractivity contribution in [1.82, 2.24) is 4.90 Å². The Morgan fingerprint density at radius 1 is 1.44 bits per heavy atom. The normalized spacial score (nSPS) is 26.7. The van der Waals surface area contributed by atoms with E-state index in [0.29, 0.717) is 0 Å². The fourth-order valence-corrected chi connectivity index (χ4v) is 1.37. The second-order valence-electron chi connectivity index (χ2n) is 2.48. The van der Waals surface area contributed by atoms with Gasteiger partial charge in [-0.15, -0.1) is 12.4 Å². The second-order valence-corrected chi connectivity index (χ2v) is 2.48. The molecule has 1 fully saturated rings. The predicted molar refractivity (Wildman–Crippen MR) is 43.2 cm³/mol. The predicted octanol–water partition coefficient (Wildman–Crippen LogP) is 1.91. The Bertz CT molecular complexity index is 61.3. The van der Waals surface area contributed by atoms with Crippen LogP contribution in [0.5, 0.6) is 0 Å². The third-order valence-corrected chi connectivity index (χ3v) is 2.14. The van der Waals surface area contributed by atoms with Crippen LogP contribution < -0.4 is 0 Å². The van der Waals surface area contributed by atoms with Gasteiger partial charge in [0.1, 0.15) is 0 Å². The molecule has 56 valence electrons. The lowest BCUT2D eigenvalue weighted by atomic mass is 10.0. The van der Waals surface area contributed by atoms with Gasteiger partial charge in [0.25, 0.3) is 0 Å². The molecule has 2 heteroatoms. The molecule has 1 aliphatic heterocycles. The molecule has 0 aromatic rings. The van der Waals surface area contributed by atoms with Crippen LogP contribution in [0.2, 0.25) is 0 Å². The largest absolute Gasteiger partial charge is 0.301 e. The Balaban J connectivity index is 0.000000640. The van der Waals surface area contributed by atoms with Crippen molar-refractivity contribution in [2.75, 3.05) is 13.1 Å². The molecule has 1 rings (SSSR count). The fourth-order valence-electron chi connectivity index (χ4n) is 1.37. The van der Waals surface area contributed by atoms with Gasteiger partial charge in [0.2, 0.25) is 0 Å². The van der Waals surface area contributed by atoms with Gasteiger partial charge in [0.05, 0.1) is 0 Å². The summed E-state index contributed by atoms with van der Waals surface area (Å²) in [6.45, 7) is 7.10. The maximum atomic E-state index is 2.53. The first kappa shape index (κ1) is 9.25. The van der Waals surface area contributed by atoms with Crippen molar-refractivity contribution in [2.24, 2.45) is 0 Å². The van der Waals surface area contributed by atoms with Crippen LogP contribution in [-0.2, 0) is 0 Å². The highest BCUT2D eigenvalue weighted by Crippen LogP contribution is 2.18. The van der Waals surface area contributed by atoms with Crippen molar-refractivity contribution in [1.29, 1.82) is 0 Å². The van der Waals surface area contributed by atoms with Gasteiger partial charge in [-0.1, -0.05) is 13.8 Å². The van der Waals surface area contributed by atoms with E-state index in [1.807, 2.05) is 0 Å². The average Bonchev–Trinajstić information content (AvgIpc) is 1.66. The van der Waals surface area contributed by atoms with Crippen molar-refractivity contribution in [3.05, 3.63) is 0 Å². The van der Waals surface area contributed by atoms with Gasteiger partial charge in [0.15, 0.2) is 0 Å². The quantitative estimate of drug-likeness (QED) is 0.580. The van der Waals surface area contributed by atoms with Crippen LogP contribution in [0.25, 0.3) is 0 Å². The van der Waals surface area contributed by atoms with Crippen LogP contribution in [0.1, 0.15) is 26.7 Å². The number of nitrogens with zero attached hydrogens (tertiary/aromatic N) is 1. The molecule has 1 nitrogen and oxygen atoms in total. The van der Waals surface area contributed by atoms with Gasteiger partial charge in [0, 0.05) is 6.04 Å². The molecule has 1 saturated heterocycles. The summed E-state index contributed by atoms with van der Waals surface area (Å²) in [4.78, 5) is 2.53. The Morgan fingerprint density at radius 3 is 2.22 bits per heavy atom. The van der Waals surface area contributed by atoms with E-state index in [0.717, 1.165) is 6.04 Å². The van der Waals surface area contributed by atoms with E-state index in [1.54, 1.807) is 0 Å². The Morgan fingerprint density at radius 2 is 2.11 bits per heavy atom. The Labute approximate surface area is 63.8 Å². The van der Waals surface area contributed by atoms with E-state index < -0.39 is 0 Å². The van der Waals surface area contributed by atoms with Gasteiger partial charge in [-0.2, -0.15) is 0 Å². The van der Waals surface area contributed by atoms with Gasteiger partial charge in [-0.05, 0) is 25.9 Å². The monoisotopic (exact) mass is 149 g/mol. The Hall–Kier alpha value is 0.250. The van der Waals surface area contributed by atoms with E-state index in [-0.39, 0.29) is 12.4 Å². The molecule has 0 radical (unpaired) electrons. The minimum Gasteiger partial charge on any atom is -0.301 e. The fraction of sp³-hybridized carbons (Fsp3) is 1.00. The molecule has 9 heavy (non-hydrogen) atoms. The minimum absolute atomic E-state index is 0. The molecule has 1 aliphatic rings. The molecule has 0 amide bonds. The standard InChI is InChI=1S/C7H15N.ClH/c1-3-7-5-6-8(7)4-2;/h7H,3-6H2,1-2H3;1H. The van der Waals surface area contributed by atoms with Crippen molar-refractivity contribution in [3.63, 3.8) is 0 Å². The third-order valence-electron chi connectivity index (χ3n) is 2.14. The molecular formula is C7H16ClN. The van der Waals surface area contributed by atoms with Crippen molar-refractivity contribution >= 4 is 12.4 Å². The SMILES string of the molecule is CCC1CCN1CC.Cl. The molecule has 1 heterocycles. The lowest BCUT2D eigenvalue weighted by molar-refractivity contribution is 0.0950. The average molecular weight is 150 g/mol. The van der Waals surface area contributed by atoms with Crippen LogP contribution in [-0.4, -0.2) is 24.0 Å². The summed E-state index contributed by atoms with van der Waals surface area (Å²) in [5, 5.41) is 0. The molecule has 0 aromatic heterocycles. The highest BCUT2D eigenvalue weighted by atomic mass is 35.5. The number of rotatable bonds is 2. The zero-order chi connectivity index (χ0) is 5.98. The molecule has 0 N–H and O–H groups in total. The zero-order valence-corrected chi connectivity index (χ0v) is 7.08. The smallest absolute Gasteiger partial charge is 0.0105 e. The van der Waals surface area contributed by atoms with Gasteiger partial charge in [-0.3, -0.25) is 0 Å². The molecule has 0 aliphatic carbocycles. The van der Waals surface area contributed by atoms with E-state index in [2.05, 4.69) is 18.7 Å². The minimum atomic E-state index is 0. The first-order chi connectivity index (χ1) is 3.88. The summed E-state index contributed by atoms with van der Waals surface area (Å²) >= 11 is 0. The zero-order valence-electron chi connectivity index (χ0n) is 6.26. The first-order valence-corrected chi connectivity index (χ1v) is 3.62. The van der Waals surface area contributed by atoms with Gasteiger partial charge < -0.3 is 4.90 Å². The number of hydrogen-bond donors (Lipinski definition) is 0. The Kier molecular flexibility index (Phi) is 4.24. The van der Waals surface area contributed by atoms with Crippen LogP contribution in [0.15, 0.2) is 0 Å². The number of likely N-dealkylation sites (tertiary alicyclic amines) is 1. The van der Waals surface area contributed by atoms with E-state index in [4.69, 9.17) is 0 Å². The van der Waals surface area contributed by atoms with Crippen molar-refractivity contribution in [2.45, 2.75) is 32.7 Å². The van der Waals surface area contributed by atoms with E-state index in [9.17, 15) is 0 Å². The van der Waals surface area contributed by atoms with Gasteiger partial charge >= 0.3 is 0 Å². The van der Waals surface area contributed by atoms with Crippen molar-refractivity contribution in [3.8, 4) is 0 Å². The molecular weight excluding hydrogens is 134 g/mol. The van der Waals surface area contributed by atoms with Gasteiger partial charge in [-0.25, -0.2) is 0 Å². The molecule has 1 unspecified atom stereocenters. The van der Waals surface area contributed by atoms with Crippen LogP contribution in [0.3, 0.4) is 0 Å².